The summed E-state index contributed by atoms with van der Waals surface area (Å²) in [7, 11) is 0. The number of hydrogen-bond acceptors (Lipinski definition) is 5. The third kappa shape index (κ3) is 2.92. The van der Waals surface area contributed by atoms with Gasteiger partial charge in [0, 0.05) is 36.2 Å². The fraction of sp³-hybridized carbons (Fsp3) is 0.818. The van der Waals surface area contributed by atoms with Crippen molar-refractivity contribution in [3.8, 4) is 0 Å². The third-order valence-electron chi connectivity index (χ3n) is 2.65. The lowest BCUT2D eigenvalue weighted by Gasteiger charge is -2.22. The molecule has 1 aliphatic rings. The number of aromatic nitrogens is 2. The van der Waals surface area contributed by atoms with Crippen molar-refractivity contribution in [3.63, 3.8) is 0 Å². The summed E-state index contributed by atoms with van der Waals surface area (Å²) in [6, 6.07) is 0.495. The highest BCUT2D eigenvalue weighted by Crippen LogP contribution is 2.24. The maximum absolute atomic E-state index is 5.32. The number of nitrogens with one attached hydrogen (secondary N) is 1. The van der Waals surface area contributed by atoms with E-state index in [1.807, 2.05) is 0 Å². The first kappa shape index (κ1) is 11.8. The van der Waals surface area contributed by atoms with E-state index in [0.29, 0.717) is 6.04 Å². The molecule has 5 heteroatoms. The second kappa shape index (κ2) is 4.67. The maximum Gasteiger partial charge on any atom is 0.202 e. The van der Waals surface area contributed by atoms with Crippen LogP contribution in [0.2, 0.25) is 0 Å². The topological polar surface area (TPSA) is 47.0 Å². The highest BCUT2D eigenvalue weighted by atomic mass is 32.1. The second-order valence-electron chi connectivity index (χ2n) is 5.20. The predicted octanol–water partition coefficient (Wildman–Crippen LogP) is 2.43. The summed E-state index contributed by atoms with van der Waals surface area (Å²) in [5.74, 6) is 0.923. The molecule has 0 bridgehead atoms. The summed E-state index contributed by atoms with van der Waals surface area (Å²) in [6.45, 7) is 8.10. The first-order valence-electron chi connectivity index (χ1n) is 5.74. The van der Waals surface area contributed by atoms with Gasteiger partial charge in [-0.15, -0.1) is 0 Å². The van der Waals surface area contributed by atoms with Gasteiger partial charge < -0.3 is 10.1 Å². The average molecular weight is 241 g/mol. The molecule has 16 heavy (non-hydrogen) atoms. The van der Waals surface area contributed by atoms with E-state index in [9.17, 15) is 0 Å². The van der Waals surface area contributed by atoms with Gasteiger partial charge >= 0.3 is 0 Å². The largest absolute Gasteiger partial charge is 0.381 e. The van der Waals surface area contributed by atoms with Crippen LogP contribution >= 0.6 is 11.5 Å². The minimum absolute atomic E-state index is 0.0338. The van der Waals surface area contributed by atoms with E-state index >= 15 is 0 Å². The Bertz CT molecular complexity index is 339. The van der Waals surface area contributed by atoms with Crippen LogP contribution in [0.25, 0.3) is 0 Å². The maximum atomic E-state index is 5.32. The van der Waals surface area contributed by atoms with Crippen LogP contribution < -0.4 is 5.32 Å². The first-order valence-corrected chi connectivity index (χ1v) is 6.51. The summed E-state index contributed by atoms with van der Waals surface area (Å²) >= 11 is 1.46. The van der Waals surface area contributed by atoms with Gasteiger partial charge in [0.1, 0.15) is 5.82 Å². The van der Waals surface area contributed by atoms with Gasteiger partial charge in [-0.2, -0.15) is 4.37 Å². The predicted molar refractivity (Wildman–Crippen MR) is 66.1 cm³/mol. The quantitative estimate of drug-likeness (QED) is 0.864. The Balaban J connectivity index is 1.97. The Kier molecular flexibility index (Phi) is 3.44. The lowest BCUT2D eigenvalue weighted by Crippen LogP contribution is -2.27. The van der Waals surface area contributed by atoms with E-state index < -0.39 is 0 Å². The monoisotopic (exact) mass is 241 g/mol. The van der Waals surface area contributed by atoms with E-state index in [0.717, 1.165) is 37.0 Å². The van der Waals surface area contributed by atoms with Crippen molar-refractivity contribution >= 4 is 16.7 Å². The molecular weight excluding hydrogens is 222 g/mol. The van der Waals surface area contributed by atoms with Gasteiger partial charge in [0.2, 0.25) is 5.13 Å². The number of nitrogens with zero attached hydrogens (tertiary/aromatic N) is 2. The van der Waals surface area contributed by atoms with Crippen LogP contribution in [0.1, 0.15) is 39.4 Å². The van der Waals surface area contributed by atoms with Gasteiger partial charge in [0.25, 0.3) is 0 Å². The van der Waals surface area contributed by atoms with Gasteiger partial charge in [-0.05, 0) is 12.8 Å². The van der Waals surface area contributed by atoms with Crippen LogP contribution in [0.4, 0.5) is 5.13 Å². The Morgan fingerprint density at radius 1 is 1.31 bits per heavy atom. The Labute approximate surface area is 101 Å². The van der Waals surface area contributed by atoms with E-state index in [-0.39, 0.29) is 5.41 Å². The zero-order chi connectivity index (χ0) is 11.6. The van der Waals surface area contributed by atoms with Gasteiger partial charge in [-0.3, -0.25) is 0 Å². The molecule has 1 aliphatic heterocycles. The van der Waals surface area contributed by atoms with Crippen LogP contribution in [-0.2, 0) is 10.2 Å². The lowest BCUT2D eigenvalue weighted by atomic mass is 9.96. The second-order valence-corrected chi connectivity index (χ2v) is 5.96. The fourth-order valence-electron chi connectivity index (χ4n) is 1.60. The van der Waals surface area contributed by atoms with Crippen molar-refractivity contribution in [1.29, 1.82) is 0 Å². The number of hydrogen-bond donors (Lipinski definition) is 1. The van der Waals surface area contributed by atoms with Crippen molar-refractivity contribution in [2.75, 3.05) is 18.5 Å². The molecule has 0 saturated carbocycles. The molecule has 1 N–H and O–H groups in total. The molecular formula is C11H19N3OS. The van der Waals surface area contributed by atoms with Crippen molar-refractivity contribution < 1.29 is 4.74 Å². The Morgan fingerprint density at radius 3 is 2.56 bits per heavy atom. The highest BCUT2D eigenvalue weighted by molar-refractivity contribution is 7.09. The summed E-state index contributed by atoms with van der Waals surface area (Å²) in [5.41, 5.74) is 0.0338. The molecule has 1 aromatic heterocycles. The molecule has 1 aromatic rings. The number of anilines is 1. The van der Waals surface area contributed by atoms with Crippen molar-refractivity contribution in [1.82, 2.24) is 9.36 Å². The molecule has 0 aliphatic carbocycles. The molecule has 1 fully saturated rings. The van der Waals surface area contributed by atoms with Crippen LogP contribution in [0.15, 0.2) is 0 Å². The van der Waals surface area contributed by atoms with Crippen LogP contribution in [0.3, 0.4) is 0 Å². The van der Waals surface area contributed by atoms with Crippen molar-refractivity contribution in [2.45, 2.75) is 45.1 Å². The highest BCUT2D eigenvalue weighted by Gasteiger charge is 2.21. The lowest BCUT2D eigenvalue weighted by molar-refractivity contribution is 0.0904. The molecule has 2 rings (SSSR count). The SMILES string of the molecule is CC(C)(C)c1nsc(NC2CCOCC2)n1. The standard InChI is InChI=1S/C11H19N3OS/c1-11(2,3)9-13-10(16-14-9)12-8-4-6-15-7-5-8/h8H,4-7H2,1-3H3,(H,12,13,14). The first-order chi connectivity index (χ1) is 7.55. The average Bonchev–Trinajstić information content (AvgIpc) is 2.67. The summed E-state index contributed by atoms with van der Waals surface area (Å²) in [5, 5.41) is 4.38. The molecule has 1 saturated heterocycles. The minimum Gasteiger partial charge on any atom is -0.381 e. The zero-order valence-corrected chi connectivity index (χ0v) is 10.9. The Hall–Kier alpha value is -0.680. The third-order valence-corrected chi connectivity index (χ3v) is 3.29. The van der Waals surface area contributed by atoms with E-state index in [4.69, 9.17) is 4.74 Å². The van der Waals surface area contributed by atoms with Gasteiger partial charge in [0.05, 0.1) is 0 Å². The molecule has 4 nitrogen and oxygen atoms in total. The van der Waals surface area contributed by atoms with Gasteiger partial charge in [-0.25, -0.2) is 4.98 Å². The molecule has 0 amide bonds. The number of ether oxygens (including phenoxy) is 1. The van der Waals surface area contributed by atoms with E-state index in [1.54, 1.807) is 0 Å². The smallest absolute Gasteiger partial charge is 0.202 e. The van der Waals surface area contributed by atoms with Gasteiger partial charge in [-0.1, -0.05) is 20.8 Å². The normalized spacial score (nSPS) is 18.7. The minimum atomic E-state index is 0.0338. The summed E-state index contributed by atoms with van der Waals surface area (Å²) in [4.78, 5) is 4.53. The number of rotatable bonds is 2. The van der Waals surface area contributed by atoms with E-state index in [1.165, 1.54) is 11.5 Å². The molecule has 0 radical (unpaired) electrons. The van der Waals surface area contributed by atoms with Crippen molar-refractivity contribution in [2.24, 2.45) is 0 Å². The van der Waals surface area contributed by atoms with Gasteiger partial charge in [0.15, 0.2) is 0 Å². The zero-order valence-electron chi connectivity index (χ0n) is 10.1. The molecule has 90 valence electrons. The Morgan fingerprint density at radius 2 is 2.00 bits per heavy atom. The van der Waals surface area contributed by atoms with Crippen molar-refractivity contribution in [3.05, 3.63) is 5.82 Å². The molecule has 0 atom stereocenters. The van der Waals surface area contributed by atoms with E-state index in [2.05, 4.69) is 35.4 Å². The molecule has 0 spiro atoms. The van der Waals surface area contributed by atoms with Crippen LogP contribution in [0.5, 0.6) is 0 Å². The molecule has 2 heterocycles. The molecule has 0 unspecified atom stereocenters. The molecule has 0 aromatic carbocycles. The van der Waals surface area contributed by atoms with Crippen LogP contribution in [-0.4, -0.2) is 28.6 Å². The summed E-state index contributed by atoms with van der Waals surface area (Å²) in [6.07, 6.45) is 2.12. The summed E-state index contributed by atoms with van der Waals surface area (Å²) < 4.78 is 9.71. The fourth-order valence-corrected chi connectivity index (χ4v) is 2.44. The van der Waals surface area contributed by atoms with Crippen LogP contribution in [0, 0.1) is 0 Å².